The summed E-state index contributed by atoms with van der Waals surface area (Å²) >= 11 is 0. The maximum atomic E-state index is 13.6. The predicted molar refractivity (Wildman–Crippen MR) is 137 cm³/mol. The van der Waals surface area contributed by atoms with Crippen LogP contribution >= 0.6 is 0 Å². The molecule has 0 spiro atoms. The van der Waals surface area contributed by atoms with Crippen LogP contribution in [0.2, 0.25) is 0 Å². The molecule has 7 nitrogen and oxygen atoms in total. The first-order valence-electron chi connectivity index (χ1n) is 12.1. The van der Waals surface area contributed by atoms with Crippen LogP contribution < -0.4 is 10.2 Å². The molecule has 1 atom stereocenters. The molecular weight excluding hydrogens is 457 g/mol. The second kappa shape index (κ2) is 10.3. The summed E-state index contributed by atoms with van der Waals surface area (Å²) in [6, 6.07) is 18.5. The van der Waals surface area contributed by atoms with Crippen molar-refractivity contribution in [1.29, 1.82) is 0 Å². The molecule has 0 bridgehead atoms. The smallest absolute Gasteiger partial charge is 0.298 e. The van der Waals surface area contributed by atoms with Gasteiger partial charge in [0.15, 0.2) is 5.76 Å². The molecule has 1 saturated heterocycles. The number of benzene rings is 2. The number of nitrogens with one attached hydrogen (secondary N) is 1. The van der Waals surface area contributed by atoms with Gasteiger partial charge in [-0.1, -0.05) is 30.3 Å². The number of anilines is 2. The lowest BCUT2D eigenvalue weighted by atomic mass is 9.94. The van der Waals surface area contributed by atoms with E-state index >= 15 is 0 Å². The topological polar surface area (TPSA) is 84.2 Å². The van der Waals surface area contributed by atoms with Crippen LogP contribution in [0, 0.1) is 11.7 Å². The van der Waals surface area contributed by atoms with Crippen LogP contribution in [-0.2, 0) is 4.79 Å². The van der Waals surface area contributed by atoms with E-state index in [2.05, 4.69) is 10.3 Å². The molecule has 0 amide bonds. The summed E-state index contributed by atoms with van der Waals surface area (Å²) in [6.45, 7) is 5.05. The number of rotatable bonds is 7. The minimum absolute atomic E-state index is 0.00544. The minimum atomic E-state index is -0.321. The highest BCUT2D eigenvalue weighted by atomic mass is 19.1. The Hall–Kier alpha value is -4.07. The van der Waals surface area contributed by atoms with E-state index in [0.29, 0.717) is 42.2 Å². The van der Waals surface area contributed by atoms with Gasteiger partial charge >= 0.3 is 0 Å². The number of piperidine rings is 1. The number of ketones is 1. The first-order valence-corrected chi connectivity index (χ1v) is 12.1. The molecule has 5 rings (SSSR count). The van der Waals surface area contributed by atoms with Crippen molar-refractivity contribution in [3.63, 3.8) is 0 Å². The summed E-state index contributed by atoms with van der Waals surface area (Å²) in [4.78, 5) is 27.7. The summed E-state index contributed by atoms with van der Waals surface area (Å²) in [5.74, 6) is 0.936. The molecule has 4 aromatic rings. The third-order valence-electron chi connectivity index (χ3n) is 6.61. The van der Waals surface area contributed by atoms with Gasteiger partial charge in [0.2, 0.25) is 5.95 Å². The minimum Gasteiger partial charge on any atom is -0.421 e. The fourth-order valence-electron chi connectivity index (χ4n) is 4.47. The van der Waals surface area contributed by atoms with E-state index in [0.717, 1.165) is 24.0 Å². The highest BCUT2D eigenvalue weighted by molar-refractivity contribution is 5.79. The van der Waals surface area contributed by atoms with Crippen LogP contribution in [0.25, 0.3) is 22.7 Å². The molecule has 2 aromatic carbocycles. The number of aromatic nitrogens is 3. The standard InChI is InChI=1S/C28H28FN5O2/c1-18(20-6-4-3-5-7-20)31-27-30-15-12-24(32-27)26-25(22-8-10-23(29)11-9-22)33-28(36-26)34-16-13-21(14-17-34)19(2)35/h3-12,15,18,21H,13-14,16-17H2,1-2H3,(H,30,31,32). The molecule has 184 valence electrons. The van der Waals surface area contributed by atoms with Crippen molar-refractivity contribution >= 4 is 17.7 Å². The van der Waals surface area contributed by atoms with E-state index in [-0.39, 0.29) is 23.6 Å². The van der Waals surface area contributed by atoms with Crippen molar-refractivity contribution in [3.8, 4) is 22.7 Å². The highest BCUT2D eigenvalue weighted by Crippen LogP contribution is 2.36. The SMILES string of the molecule is CC(=O)C1CCN(c2nc(-c3ccc(F)cc3)c(-c3ccnc(NC(C)c4ccccc4)n3)o2)CC1. The summed E-state index contributed by atoms with van der Waals surface area (Å²) in [6.07, 6.45) is 3.20. The van der Waals surface area contributed by atoms with E-state index in [9.17, 15) is 9.18 Å². The van der Waals surface area contributed by atoms with Crippen LogP contribution in [0.4, 0.5) is 16.4 Å². The fraction of sp³-hybridized carbons (Fsp3) is 0.286. The van der Waals surface area contributed by atoms with Crippen molar-refractivity contribution in [2.24, 2.45) is 5.92 Å². The number of carbonyl (C=O) groups is 1. The van der Waals surface area contributed by atoms with Crippen LogP contribution in [0.1, 0.15) is 38.3 Å². The summed E-state index contributed by atoms with van der Waals surface area (Å²) in [7, 11) is 0. The number of nitrogens with zero attached hydrogens (tertiary/aromatic N) is 4. The molecule has 1 fully saturated rings. The Labute approximate surface area is 209 Å². The van der Waals surface area contributed by atoms with Crippen molar-refractivity contribution < 1.29 is 13.6 Å². The number of Topliss-reactive ketones (excluding diaryl/α,β-unsaturated/α-hetero) is 1. The Morgan fingerprint density at radius 1 is 1.06 bits per heavy atom. The normalized spacial score (nSPS) is 15.0. The van der Waals surface area contributed by atoms with Crippen LogP contribution in [0.5, 0.6) is 0 Å². The summed E-state index contributed by atoms with van der Waals surface area (Å²) in [5.41, 5.74) is 3.00. The van der Waals surface area contributed by atoms with E-state index in [1.807, 2.05) is 42.2 Å². The third kappa shape index (κ3) is 5.12. The Morgan fingerprint density at radius 2 is 1.78 bits per heavy atom. The number of halogens is 1. The van der Waals surface area contributed by atoms with Crippen molar-refractivity contribution in [1.82, 2.24) is 15.0 Å². The Kier molecular flexibility index (Phi) is 6.75. The van der Waals surface area contributed by atoms with Gasteiger partial charge in [-0.05, 0) is 62.6 Å². The Morgan fingerprint density at radius 3 is 2.47 bits per heavy atom. The van der Waals surface area contributed by atoms with Gasteiger partial charge in [0.1, 0.15) is 23.0 Å². The number of oxazole rings is 1. The first-order chi connectivity index (χ1) is 17.5. The van der Waals surface area contributed by atoms with E-state index < -0.39 is 0 Å². The molecule has 36 heavy (non-hydrogen) atoms. The lowest BCUT2D eigenvalue weighted by Crippen LogP contribution is -2.35. The summed E-state index contributed by atoms with van der Waals surface area (Å²) < 4.78 is 19.9. The van der Waals surface area contributed by atoms with E-state index in [4.69, 9.17) is 14.4 Å². The van der Waals surface area contributed by atoms with Gasteiger partial charge < -0.3 is 14.6 Å². The van der Waals surface area contributed by atoms with Crippen molar-refractivity contribution in [3.05, 3.63) is 78.2 Å². The molecule has 0 saturated carbocycles. The summed E-state index contributed by atoms with van der Waals surface area (Å²) in [5, 5.41) is 3.34. The van der Waals surface area contributed by atoms with Gasteiger partial charge in [0.25, 0.3) is 6.01 Å². The second-order valence-electron chi connectivity index (χ2n) is 9.10. The zero-order valence-electron chi connectivity index (χ0n) is 20.3. The quantitative estimate of drug-likeness (QED) is 0.348. The first kappa shape index (κ1) is 23.7. The molecule has 1 aliphatic rings. The Bertz CT molecular complexity index is 1330. The van der Waals surface area contributed by atoms with Gasteiger partial charge in [-0.2, -0.15) is 4.98 Å². The zero-order chi connectivity index (χ0) is 25.1. The zero-order valence-corrected chi connectivity index (χ0v) is 20.3. The molecular formula is C28H28FN5O2. The largest absolute Gasteiger partial charge is 0.421 e. The maximum Gasteiger partial charge on any atom is 0.298 e. The third-order valence-corrected chi connectivity index (χ3v) is 6.61. The van der Waals surface area contributed by atoms with E-state index in [1.54, 1.807) is 31.3 Å². The number of hydrogen-bond donors (Lipinski definition) is 1. The molecule has 1 aliphatic heterocycles. The molecule has 3 heterocycles. The predicted octanol–water partition coefficient (Wildman–Crippen LogP) is 5.92. The average Bonchev–Trinajstić information content (AvgIpc) is 3.35. The number of carbonyl (C=O) groups excluding carboxylic acids is 1. The van der Waals surface area contributed by atoms with E-state index in [1.165, 1.54) is 12.1 Å². The van der Waals surface area contributed by atoms with Crippen molar-refractivity contribution in [2.45, 2.75) is 32.7 Å². The molecule has 0 radical (unpaired) electrons. The number of hydrogen-bond acceptors (Lipinski definition) is 7. The Balaban J connectivity index is 1.47. The van der Waals surface area contributed by atoms with Crippen LogP contribution in [0.3, 0.4) is 0 Å². The van der Waals surface area contributed by atoms with Gasteiger partial charge in [-0.25, -0.2) is 14.4 Å². The van der Waals surface area contributed by atoms with Gasteiger partial charge in [-0.3, -0.25) is 4.79 Å². The second-order valence-corrected chi connectivity index (χ2v) is 9.10. The van der Waals surface area contributed by atoms with Crippen LogP contribution in [-0.4, -0.2) is 33.8 Å². The molecule has 8 heteroatoms. The molecule has 1 N–H and O–H groups in total. The highest BCUT2D eigenvalue weighted by Gasteiger charge is 2.27. The van der Waals surface area contributed by atoms with Gasteiger partial charge in [0.05, 0.1) is 6.04 Å². The molecule has 1 unspecified atom stereocenters. The maximum absolute atomic E-state index is 13.6. The average molecular weight is 486 g/mol. The fourth-order valence-corrected chi connectivity index (χ4v) is 4.47. The lowest BCUT2D eigenvalue weighted by Gasteiger charge is -2.29. The van der Waals surface area contributed by atoms with Gasteiger partial charge in [-0.15, -0.1) is 0 Å². The lowest BCUT2D eigenvalue weighted by molar-refractivity contribution is -0.121. The molecule has 0 aliphatic carbocycles. The van der Waals surface area contributed by atoms with Gasteiger partial charge in [0, 0.05) is 30.8 Å². The molecule has 2 aromatic heterocycles. The van der Waals surface area contributed by atoms with Crippen molar-refractivity contribution in [2.75, 3.05) is 23.3 Å². The monoisotopic (exact) mass is 485 g/mol. The van der Waals surface area contributed by atoms with Crippen LogP contribution in [0.15, 0.2) is 71.3 Å².